The molecule has 6 heteroatoms. The van der Waals surface area contributed by atoms with Gasteiger partial charge in [-0.1, -0.05) is 66.2 Å². The minimum Gasteiger partial charge on any atom is -0.483 e. The van der Waals surface area contributed by atoms with E-state index in [0.717, 1.165) is 27.8 Å². The van der Waals surface area contributed by atoms with Gasteiger partial charge in [-0.2, -0.15) is 0 Å². The van der Waals surface area contributed by atoms with Gasteiger partial charge in [0, 0.05) is 24.0 Å². The van der Waals surface area contributed by atoms with E-state index in [1.165, 1.54) is 0 Å². The molecule has 0 bridgehead atoms. The van der Waals surface area contributed by atoms with Gasteiger partial charge in [-0.25, -0.2) is 0 Å². The average Bonchev–Trinajstić information content (AvgIpc) is 2.83. The van der Waals surface area contributed by atoms with Gasteiger partial charge in [0.1, 0.15) is 11.8 Å². The molecular formula is C30H35ClN2O3. The van der Waals surface area contributed by atoms with Crippen LogP contribution in [0.2, 0.25) is 5.02 Å². The fraction of sp³-hybridized carbons (Fsp3) is 0.333. The molecule has 1 unspecified atom stereocenters. The summed E-state index contributed by atoms with van der Waals surface area (Å²) in [6, 6.07) is 20.3. The summed E-state index contributed by atoms with van der Waals surface area (Å²) in [6.07, 6.45) is 0.373. The molecule has 0 aromatic heterocycles. The van der Waals surface area contributed by atoms with Crippen LogP contribution in [0.15, 0.2) is 66.7 Å². The van der Waals surface area contributed by atoms with Gasteiger partial charge >= 0.3 is 0 Å². The molecule has 0 radical (unpaired) electrons. The van der Waals surface area contributed by atoms with E-state index in [2.05, 4.69) is 11.4 Å². The number of nitrogens with one attached hydrogen (secondary N) is 1. The first-order valence-corrected chi connectivity index (χ1v) is 12.6. The number of hydrogen-bond donors (Lipinski definition) is 1. The minimum absolute atomic E-state index is 0.0674. The first-order chi connectivity index (χ1) is 17.2. The molecule has 36 heavy (non-hydrogen) atoms. The molecule has 0 saturated heterocycles. The molecule has 0 aliphatic heterocycles. The molecule has 2 amide bonds. The van der Waals surface area contributed by atoms with Gasteiger partial charge in [-0.15, -0.1) is 0 Å². The van der Waals surface area contributed by atoms with E-state index in [1.807, 2.05) is 89.2 Å². The quantitative estimate of drug-likeness (QED) is 0.377. The molecule has 3 aromatic rings. The van der Waals surface area contributed by atoms with Crippen LogP contribution in [0, 0.1) is 20.8 Å². The van der Waals surface area contributed by atoms with E-state index in [-0.39, 0.29) is 31.0 Å². The Labute approximate surface area is 219 Å². The highest BCUT2D eigenvalue weighted by molar-refractivity contribution is 6.31. The summed E-state index contributed by atoms with van der Waals surface area (Å²) in [5.74, 6) is 0.176. The zero-order valence-electron chi connectivity index (χ0n) is 21.7. The van der Waals surface area contributed by atoms with E-state index in [9.17, 15) is 9.59 Å². The van der Waals surface area contributed by atoms with Crippen molar-refractivity contribution in [2.24, 2.45) is 0 Å². The lowest BCUT2D eigenvalue weighted by molar-refractivity contribution is -0.143. The van der Waals surface area contributed by atoms with Gasteiger partial charge in [-0.3, -0.25) is 9.59 Å². The fourth-order valence-electron chi connectivity index (χ4n) is 4.12. The van der Waals surface area contributed by atoms with Crippen LogP contribution in [0.3, 0.4) is 0 Å². The monoisotopic (exact) mass is 506 g/mol. The molecule has 0 aliphatic rings. The fourth-order valence-corrected chi connectivity index (χ4v) is 4.31. The predicted molar refractivity (Wildman–Crippen MR) is 145 cm³/mol. The Balaban J connectivity index is 1.95. The SMILES string of the molecule is Cc1cc(C)c(C)c(OCC(=O)N(Cc2ccccc2Cl)C(Cc2ccccc2)C(=O)NC(C)C)c1. The summed E-state index contributed by atoms with van der Waals surface area (Å²) < 4.78 is 6.01. The Kier molecular flexibility index (Phi) is 9.54. The zero-order valence-corrected chi connectivity index (χ0v) is 22.4. The van der Waals surface area contributed by atoms with Gasteiger partial charge in [0.15, 0.2) is 6.61 Å². The third kappa shape index (κ3) is 7.34. The van der Waals surface area contributed by atoms with Crippen LogP contribution in [-0.4, -0.2) is 35.4 Å². The topological polar surface area (TPSA) is 58.6 Å². The molecule has 0 heterocycles. The Bertz CT molecular complexity index is 1190. The summed E-state index contributed by atoms with van der Waals surface area (Å²) in [4.78, 5) is 28.7. The highest BCUT2D eigenvalue weighted by Gasteiger charge is 2.31. The van der Waals surface area contributed by atoms with E-state index in [4.69, 9.17) is 16.3 Å². The number of halogens is 1. The summed E-state index contributed by atoms with van der Waals surface area (Å²) in [7, 11) is 0. The van der Waals surface area contributed by atoms with Crippen molar-refractivity contribution in [1.29, 1.82) is 0 Å². The van der Waals surface area contributed by atoms with Crippen molar-refractivity contribution in [3.63, 3.8) is 0 Å². The summed E-state index contributed by atoms with van der Waals surface area (Å²) in [5, 5.41) is 3.54. The number of carbonyl (C=O) groups is 2. The smallest absolute Gasteiger partial charge is 0.261 e. The number of benzene rings is 3. The van der Waals surface area contributed by atoms with Crippen molar-refractivity contribution in [2.75, 3.05) is 6.61 Å². The van der Waals surface area contributed by atoms with Crippen molar-refractivity contribution in [3.8, 4) is 5.75 Å². The summed E-state index contributed by atoms with van der Waals surface area (Å²) in [5.41, 5.74) is 4.88. The maximum atomic E-state index is 13.7. The van der Waals surface area contributed by atoms with Crippen LogP contribution in [0.25, 0.3) is 0 Å². The normalized spacial score (nSPS) is 11.8. The van der Waals surface area contributed by atoms with Crippen LogP contribution in [0.1, 0.15) is 41.7 Å². The second kappa shape index (κ2) is 12.6. The molecule has 0 fully saturated rings. The zero-order chi connectivity index (χ0) is 26.2. The van der Waals surface area contributed by atoms with E-state index >= 15 is 0 Å². The highest BCUT2D eigenvalue weighted by Crippen LogP contribution is 2.24. The standard InChI is InChI=1S/C30H35ClN2O3/c1-20(2)32-30(35)27(17-24-11-7-6-8-12-24)33(18-25-13-9-10-14-26(25)31)29(34)19-36-28-16-21(3)15-22(4)23(28)5/h6-16,20,27H,17-19H2,1-5H3,(H,32,35). The molecule has 0 spiro atoms. The van der Waals surface area contributed by atoms with Crippen LogP contribution < -0.4 is 10.1 Å². The van der Waals surface area contributed by atoms with Gasteiger partial charge in [-0.05, 0) is 74.6 Å². The van der Waals surface area contributed by atoms with Crippen molar-refractivity contribution in [2.45, 2.75) is 59.7 Å². The average molecular weight is 507 g/mol. The maximum absolute atomic E-state index is 13.7. The summed E-state index contributed by atoms with van der Waals surface area (Å²) in [6.45, 7) is 9.81. The number of nitrogens with zero attached hydrogens (tertiary/aromatic N) is 1. The largest absolute Gasteiger partial charge is 0.483 e. The minimum atomic E-state index is -0.734. The lowest BCUT2D eigenvalue weighted by Gasteiger charge is -2.32. The molecule has 5 nitrogen and oxygen atoms in total. The third-order valence-corrected chi connectivity index (χ3v) is 6.48. The van der Waals surface area contributed by atoms with Gasteiger partial charge in [0.25, 0.3) is 5.91 Å². The van der Waals surface area contributed by atoms with E-state index in [1.54, 1.807) is 11.0 Å². The van der Waals surface area contributed by atoms with E-state index in [0.29, 0.717) is 17.2 Å². The van der Waals surface area contributed by atoms with Crippen LogP contribution >= 0.6 is 11.6 Å². The van der Waals surface area contributed by atoms with Crippen LogP contribution in [0.5, 0.6) is 5.75 Å². The third-order valence-electron chi connectivity index (χ3n) is 6.12. The Morgan fingerprint density at radius 1 is 0.972 bits per heavy atom. The number of hydrogen-bond acceptors (Lipinski definition) is 3. The second-order valence-electron chi connectivity index (χ2n) is 9.48. The maximum Gasteiger partial charge on any atom is 0.261 e. The highest BCUT2D eigenvalue weighted by atomic mass is 35.5. The molecule has 3 aromatic carbocycles. The van der Waals surface area contributed by atoms with Crippen molar-refractivity contribution in [1.82, 2.24) is 10.2 Å². The molecule has 190 valence electrons. The molecule has 1 atom stereocenters. The number of carbonyl (C=O) groups excluding carboxylic acids is 2. The second-order valence-corrected chi connectivity index (χ2v) is 9.88. The van der Waals surface area contributed by atoms with Gasteiger partial charge in [0.2, 0.25) is 5.91 Å². The summed E-state index contributed by atoms with van der Waals surface area (Å²) >= 11 is 6.46. The lowest BCUT2D eigenvalue weighted by atomic mass is 10.0. The van der Waals surface area contributed by atoms with Gasteiger partial charge < -0.3 is 15.0 Å². The number of aryl methyl sites for hydroxylation is 2. The molecule has 3 rings (SSSR count). The molecule has 1 N–H and O–H groups in total. The molecule has 0 aliphatic carbocycles. The molecule has 0 saturated carbocycles. The predicted octanol–water partition coefficient (Wildman–Crippen LogP) is 5.81. The van der Waals surface area contributed by atoms with Crippen LogP contribution in [-0.2, 0) is 22.6 Å². The Morgan fingerprint density at radius 3 is 2.31 bits per heavy atom. The van der Waals surface area contributed by atoms with Crippen molar-refractivity contribution in [3.05, 3.63) is 99.6 Å². The van der Waals surface area contributed by atoms with E-state index < -0.39 is 6.04 Å². The Hall–Kier alpha value is -3.31. The van der Waals surface area contributed by atoms with Crippen molar-refractivity contribution < 1.29 is 14.3 Å². The number of ether oxygens (including phenoxy) is 1. The van der Waals surface area contributed by atoms with Crippen LogP contribution in [0.4, 0.5) is 0 Å². The molecular weight excluding hydrogens is 472 g/mol. The lowest BCUT2D eigenvalue weighted by Crippen LogP contribution is -2.52. The first kappa shape index (κ1) is 27.3. The number of amides is 2. The Morgan fingerprint density at radius 2 is 1.64 bits per heavy atom. The van der Waals surface area contributed by atoms with Gasteiger partial charge in [0.05, 0.1) is 0 Å². The van der Waals surface area contributed by atoms with Crippen molar-refractivity contribution >= 4 is 23.4 Å². The first-order valence-electron chi connectivity index (χ1n) is 12.2. The number of rotatable bonds is 10.